The fourth-order valence-electron chi connectivity index (χ4n) is 2.89. The summed E-state index contributed by atoms with van der Waals surface area (Å²) < 4.78 is 16.9. The fraction of sp³-hybridized carbons (Fsp3) is 0.167. The van der Waals surface area contributed by atoms with E-state index in [1.165, 1.54) is 0 Å². The molecule has 6 heteroatoms. The second kappa shape index (κ2) is 6.23. The molecule has 0 atom stereocenters. The maximum absolute atomic E-state index is 13.0. The van der Waals surface area contributed by atoms with E-state index in [1.807, 2.05) is 51.9 Å². The monoisotopic (exact) mass is 321 g/mol. The fourth-order valence-corrected chi connectivity index (χ4v) is 2.89. The molecule has 0 unspecified atom stereocenters. The van der Waals surface area contributed by atoms with E-state index in [4.69, 9.17) is 0 Å². The molecule has 4 aromatic rings. The van der Waals surface area contributed by atoms with Crippen LogP contribution in [-0.2, 0) is 13.1 Å². The van der Waals surface area contributed by atoms with Crippen molar-refractivity contribution in [1.29, 1.82) is 0 Å². The van der Waals surface area contributed by atoms with Crippen molar-refractivity contribution in [3.8, 4) is 11.4 Å². The quantitative estimate of drug-likeness (QED) is 0.566. The average Bonchev–Trinajstić information content (AvgIpc) is 3.24. The van der Waals surface area contributed by atoms with Crippen LogP contribution in [0.3, 0.4) is 0 Å². The third kappa shape index (κ3) is 2.67. The number of imidazole rings is 2. The van der Waals surface area contributed by atoms with Gasteiger partial charge in [0, 0.05) is 30.4 Å². The molecule has 0 N–H and O–H groups in total. The zero-order valence-electron chi connectivity index (χ0n) is 13.0. The highest BCUT2D eigenvalue weighted by atomic mass is 19.1. The van der Waals surface area contributed by atoms with Gasteiger partial charge in [0.1, 0.15) is 12.5 Å². The number of benzene rings is 1. The summed E-state index contributed by atoms with van der Waals surface area (Å²) in [7, 11) is 0. The van der Waals surface area contributed by atoms with E-state index in [0.29, 0.717) is 6.54 Å². The Labute approximate surface area is 138 Å². The van der Waals surface area contributed by atoms with Crippen LogP contribution in [0.1, 0.15) is 5.56 Å². The molecule has 24 heavy (non-hydrogen) atoms. The molecule has 0 aliphatic rings. The van der Waals surface area contributed by atoms with Crippen LogP contribution in [0.15, 0.2) is 61.4 Å². The molecule has 3 aromatic heterocycles. The van der Waals surface area contributed by atoms with Crippen LogP contribution >= 0.6 is 0 Å². The first-order valence-electron chi connectivity index (χ1n) is 7.76. The lowest BCUT2D eigenvalue weighted by Gasteiger charge is -2.08. The van der Waals surface area contributed by atoms with Gasteiger partial charge in [-0.15, -0.1) is 0 Å². The van der Waals surface area contributed by atoms with E-state index in [-0.39, 0.29) is 6.54 Å². The second-order valence-corrected chi connectivity index (χ2v) is 5.58. The van der Waals surface area contributed by atoms with Crippen LogP contribution in [0.2, 0.25) is 0 Å². The van der Waals surface area contributed by atoms with Gasteiger partial charge in [-0.2, -0.15) is 0 Å². The smallest absolute Gasteiger partial charge is 0.142 e. The van der Waals surface area contributed by atoms with Crippen LogP contribution < -0.4 is 0 Å². The number of rotatable bonds is 5. The number of halogens is 1. The molecule has 1 aromatic carbocycles. The third-order valence-electron chi connectivity index (χ3n) is 3.94. The maximum Gasteiger partial charge on any atom is 0.142 e. The van der Waals surface area contributed by atoms with Gasteiger partial charge in [0.15, 0.2) is 0 Å². The molecule has 120 valence electrons. The Morgan fingerprint density at radius 3 is 2.83 bits per heavy atom. The van der Waals surface area contributed by atoms with Gasteiger partial charge in [0.05, 0.1) is 30.5 Å². The highest BCUT2D eigenvalue weighted by Gasteiger charge is 2.13. The summed E-state index contributed by atoms with van der Waals surface area (Å²) in [6.45, 7) is 0.529. The molecule has 0 bridgehead atoms. The van der Waals surface area contributed by atoms with Crippen molar-refractivity contribution < 1.29 is 4.39 Å². The van der Waals surface area contributed by atoms with Crippen molar-refractivity contribution in [2.24, 2.45) is 0 Å². The summed E-state index contributed by atoms with van der Waals surface area (Å²) in [5.74, 6) is 0.744. The van der Waals surface area contributed by atoms with Crippen molar-refractivity contribution in [3.05, 3.63) is 67.0 Å². The van der Waals surface area contributed by atoms with E-state index in [1.54, 1.807) is 18.7 Å². The number of hydrogen-bond donors (Lipinski definition) is 0. The second-order valence-electron chi connectivity index (χ2n) is 5.58. The maximum atomic E-state index is 13.0. The molecule has 0 spiro atoms. The van der Waals surface area contributed by atoms with E-state index in [2.05, 4.69) is 15.0 Å². The summed E-state index contributed by atoms with van der Waals surface area (Å²) in [5.41, 5.74) is 3.73. The minimum absolute atomic E-state index is 0.279. The van der Waals surface area contributed by atoms with Gasteiger partial charge in [-0.1, -0.05) is 12.1 Å². The molecule has 5 nitrogen and oxygen atoms in total. The van der Waals surface area contributed by atoms with Gasteiger partial charge >= 0.3 is 0 Å². The van der Waals surface area contributed by atoms with Crippen LogP contribution in [0.25, 0.3) is 22.4 Å². The van der Waals surface area contributed by atoms with Crippen LogP contribution in [0.4, 0.5) is 4.39 Å². The lowest BCUT2D eigenvalue weighted by Crippen LogP contribution is -2.03. The SMILES string of the molecule is FCCn1c(-c2cncc(Cn3ccnc3)c2)nc2ccccc21. The molecule has 0 fully saturated rings. The van der Waals surface area contributed by atoms with Crippen molar-refractivity contribution in [1.82, 2.24) is 24.1 Å². The molecule has 0 aliphatic heterocycles. The van der Waals surface area contributed by atoms with Gasteiger partial charge in [-0.25, -0.2) is 14.4 Å². The van der Waals surface area contributed by atoms with Crippen molar-refractivity contribution in [3.63, 3.8) is 0 Å². The van der Waals surface area contributed by atoms with Gasteiger partial charge in [0.25, 0.3) is 0 Å². The van der Waals surface area contributed by atoms with E-state index in [0.717, 1.165) is 28.0 Å². The predicted octanol–water partition coefficient (Wildman–Crippen LogP) is 3.31. The topological polar surface area (TPSA) is 48.5 Å². The molecule has 4 rings (SSSR count). The predicted molar refractivity (Wildman–Crippen MR) is 90.3 cm³/mol. The van der Waals surface area contributed by atoms with Crippen molar-refractivity contribution >= 4 is 11.0 Å². The van der Waals surface area contributed by atoms with Gasteiger partial charge in [-0.05, 0) is 23.8 Å². The Balaban J connectivity index is 1.78. The summed E-state index contributed by atoms with van der Waals surface area (Å²) in [6.07, 6.45) is 9.02. The zero-order chi connectivity index (χ0) is 16.4. The Bertz CT molecular complexity index is 959. The molecule has 0 saturated carbocycles. The number of aromatic nitrogens is 5. The summed E-state index contributed by atoms with van der Waals surface area (Å²) in [4.78, 5) is 13.1. The van der Waals surface area contributed by atoms with E-state index < -0.39 is 6.67 Å². The number of para-hydroxylation sites is 2. The lowest BCUT2D eigenvalue weighted by atomic mass is 10.2. The Hall–Kier alpha value is -3.02. The Morgan fingerprint density at radius 2 is 2.00 bits per heavy atom. The first-order valence-corrected chi connectivity index (χ1v) is 7.76. The van der Waals surface area contributed by atoms with Crippen LogP contribution in [-0.4, -0.2) is 30.8 Å². The number of pyridine rings is 1. The Kier molecular flexibility index (Phi) is 3.78. The highest BCUT2D eigenvalue weighted by Crippen LogP contribution is 2.25. The minimum atomic E-state index is -0.435. The zero-order valence-corrected chi connectivity index (χ0v) is 13.0. The van der Waals surface area contributed by atoms with Crippen molar-refractivity contribution in [2.75, 3.05) is 6.67 Å². The average molecular weight is 321 g/mol. The number of alkyl halides is 1. The molecule has 3 heterocycles. The molecule has 0 amide bonds. The van der Waals surface area contributed by atoms with Crippen LogP contribution in [0.5, 0.6) is 0 Å². The van der Waals surface area contributed by atoms with Gasteiger partial charge in [-0.3, -0.25) is 4.98 Å². The van der Waals surface area contributed by atoms with Gasteiger partial charge < -0.3 is 9.13 Å². The summed E-state index contributed by atoms with van der Waals surface area (Å²) in [6, 6.07) is 9.83. The lowest BCUT2D eigenvalue weighted by molar-refractivity contribution is 0.451. The number of aryl methyl sites for hydroxylation is 1. The van der Waals surface area contributed by atoms with Gasteiger partial charge in [0.2, 0.25) is 0 Å². The molecule has 0 saturated heterocycles. The van der Waals surface area contributed by atoms with E-state index >= 15 is 0 Å². The van der Waals surface area contributed by atoms with E-state index in [9.17, 15) is 4.39 Å². The minimum Gasteiger partial charge on any atom is -0.333 e. The number of hydrogen-bond acceptors (Lipinski definition) is 3. The largest absolute Gasteiger partial charge is 0.333 e. The first-order chi connectivity index (χ1) is 11.8. The normalized spacial score (nSPS) is 11.2. The summed E-state index contributed by atoms with van der Waals surface area (Å²) >= 11 is 0. The molecular weight excluding hydrogens is 305 g/mol. The standard InChI is InChI=1S/C18H16FN5/c19-5-7-24-17-4-2-1-3-16(17)22-18(24)15-9-14(10-21-11-15)12-23-8-6-20-13-23/h1-4,6,8-11,13H,5,7,12H2. The molecule has 0 aliphatic carbocycles. The number of fused-ring (bicyclic) bond motifs is 1. The molecule has 0 radical (unpaired) electrons. The summed E-state index contributed by atoms with van der Waals surface area (Å²) in [5, 5.41) is 0. The highest BCUT2D eigenvalue weighted by molar-refractivity contribution is 5.80. The first kappa shape index (κ1) is 14.6. The number of nitrogens with zero attached hydrogens (tertiary/aromatic N) is 5. The van der Waals surface area contributed by atoms with Crippen LogP contribution in [0, 0.1) is 0 Å². The Morgan fingerprint density at radius 1 is 1.08 bits per heavy atom. The molecular formula is C18H16FN5. The third-order valence-corrected chi connectivity index (χ3v) is 3.94. The van der Waals surface area contributed by atoms with Crippen molar-refractivity contribution in [2.45, 2.75) is 13.1 Å².